The zero-order valence-electron chi connectivity index (χ0n) is 12.9. The average molecular weight is 311 g/mol. The summed E-state index contributed by atoms with van der Waals surface area (Å²) in [4.78, 5) is 16.5. The molecule has 0 unspecified atom stereocenters. The molecule has 0 radical (unpaired) electrons. The number of carbonyl (C=O) groups excluding carboxylic acids is 1. The minimum absolute atomic E-state index is 0.0563. The molecule has 6 nitrogen and oxygen atoms in total. The Hall–Kier alpha value is -1.21. The highest BCUT2D eigenvalue weighted by molar-refractivity contribution is 7.13. The number of urea groups is 1. The molecule has 0 atom stereocenters. The van der Waals surface area contributed by atoms with Crippen molar-refractivity contribution in [3.63, 3.8) is 0 Å². The molecule has 1 fully saturated rings. The van der Waals surface area contributed by atoms with Crippen molar-refractivity contribution in [1.82, 2.24) is 20.0 Å². The summed E-state index contributed by atoms with van der Waals surface area (Å²) in [6.07, 6.45) is 6.41. The number of nitrogens with zero attached hydrogens (tertiary/aromatic N) is 4. The van der Waals surface area contributed by atoms with Gasteiger partial charge in [-0.2, -0.15) is 0 Å². The lowest BCUT2D eigenvalue weighted by Crippen LogP contribution is -2.42. The Kier molecular flexibility index (Phi) is 6.38. The van der Waals surface area contributed by atoms with Gasteiger partial charge in [0.25, 0.3) is 0 Å². The lowest BCUT2D eigenvalue weighted by molar-refractivity contribution is 0.183. The highest BCUT2D eigenvalue weighted by Crippen LogP contribution is 2.24. The molecule has 1 aliphatic rings. The first kappa shape index (κ1) is 16.2. The van der Waals surface area contributed by atoms with Gasteiger partial charge in [-0.1, -0.05) is 30.6 Å². The summed E-state index contributed by atoms with van der Waals surface area (Å²) in [5.74, 6) is 0.640. The van der Waals surface area contributed by atoms with Gasteiger partial charge < -0.3 is 9.80 Å². The van der Waals surface area contributed by atoms with E-state index in [0.717, 1.165) is 19.6 Å². The van der Waals surface area contributed by atoms with E-state index in [2.05, 4.69) is 20.4 Å². The van der Waals surface area contributed by atoms with Crippen molar-refractivity contribution in [2.75, 3.05) is 39.0 Å². The van der Waals surface area contributed by atoms with Gasteiger partial charge in [-0.25, -0.2) is 4.79 Å². The Labute approximate surface area is 130 Å². The summed E-state index contributed by atoms with van der Waals surface area (Å²) >= 11 is 1.35. The normalized spacial score (nSPS) is 16.1. The molecule has 0 bridgehead atoms. The van der Waals surface area contributed by atoms with Crippen LogP contribution in [0.1, 0.15) is 32.1 Å². The van der Waals surface area contributed by atoms with Crippen LogP contribution >= 0.6 is 11.3 Å². The van der Waals surface area contributed by atoms with Gasteiger partial charge in [-0.05, 0) is 32.9 Å². The number of rotatable bonds is 6. The predicted molar refractivity (Wildman–Crippen MR) is 85.6 cm³/mol. The van der Waals surface area contributed by atoms with Crippen molar-refractivity contribution in [1.29, 1.82) is 0 Å². The van der Waals surface area contributed by atoms with Crippen molar-refractivity contribution < 1.29 is 4.79 Å². The molecule has 21 heavy (non-hydrogen) atoms. The summed E-state index contributed by atoms with van der Waals surface area (Å²) in [5.41, 5.74) is 1.63. The molecule has 0 spiro atoms. The van der Waals surface area contributed by atoms with Crippen LogP contribution in [0.25, 0.3) is 0 Å². The first-order valence-corrected chi connectivity index (χ1v) is 8.50. The second-order valence-electron chi connectivity index (χ2n) is 5.93. The van der Waals surface area contributed by atoms with Crippen LogP contribution < -0.4 is 5.32 Å². The van der Waals surface area contributed by atoms with Crippen LogP contribution in [0, 0.1) is 5.92 Å². The molecule has 1 saturated carbocycles. The molecule has 0 aromatic carbocycles. The molecule has 2 amide bonds. The smallest absolute Gasteiger partial charge is 0.323 e. The third-order valence-electron chi connectivity index (χ3n) is 3.88. The number of hydrogen-bond donors (Lipinski definition) is 1. The number of hydrogen-bond acceptors (Lipinski definition) is 5. The SMILES string of the molecule is CN(C)CCN(CC1CCCCC1)C(=O)Nc1nncs1. The molecule has 1 aromatic heterocycles. The van der Waals surface area contributed by atoms with Gasteiger partial charge in [0, 0.05) is 19.6 Å². The molecule has 1 N–H and O–H groups in total. The van der Waals surface area contributed by atoms with Crippen LogP contribution in [0.2, 0.25) is 0 Å². The van der Waals surface area contributed by atoms with Crippen LogP contribution in [0.4, 0.5) is 9.93 Å². The molecule has 1 aliphatic carbocycles. The standard InChI is InChI=1S/C14H25N5OS/c1-18(2)8-9-19(10-12-6-4-3-5-7-12)14(20)16-13-17-15-11-21-13/h11-12H,3-10H2,1-2H3,(H,16,17,20). The Bertz CT molecular complexity index is 417. The van der Waals surface area contributed by atoms with E-state index in [9.17, 15) is 4.79 Å². The van der Waals surface area contributed by atoms with Crippen molar-refractivity contribution in [3.05, 3.63) is 5.51 Å². The Morgan fingerprint density at radius 2 is 2.10 bits per heavy atom. The number of nitrogens with one attached hydrogen (secondary N) is 1. The first-order chi connectivity index (χ1) is 10.1. The molecule has 2 rings (SSSR count). The summed E-state index contributed by atoms with van der Waals surface area (Å²) in [6.45, 7) is 2.46. The molecular formula is C14H25N5OS. The van der Waals surface area contributed by atoms with Gasteiger partial charge in [0.1, 0.15) is 5.51 Å². The van der Waals surface area contributed by atoms with Gasteiger partial charge >= 0.3 is 6.03 Å². The van der Waals surface area contributed by atoms with Crippen molar-refractivity contribution in [2.45, 2.75) is 32.1 Å². The van der Waals surface area contributed by atoms with Gasteiger partial charge in [0.15, 0.2) is 0 Å². The zero-order chi connectivity index (χ0) is 15.1. The van der Waals surface area contributed by atoms with Gasteiger partial charge in [-0.3, -0.25) is 5.32 Å². The Morgan fingerprint density at radius 3 is 2.71 bits per heavy atom. The maximum absolute atomic E-state index is 12.4. The lowest BCUT2D eigenvalue weighted by Gasteiger charge is -2.30. The van der Waals surface area contributed by atoms with E-state index in [-0.39, 0.29) is 6.03 Å². The van der Waals surface area contributed by atoms with E-state index >= 15 is 0 Å². The quantitative estimate of drug-likeness (QED) is 0.877. The van der Waals surface area contributed by atoms with Crippen LogP contribution in [0.15, 0.2) is 5.51 Å². The van der Waals surface area contributed by atoms with Crippen molar-refractivity contribution in [2.24, 2.45) is 5.92 Å². The summed E-state index contributed by atoms with van der Waals surface area (Å²) in [6, 6.07) is -0.0563. The number of aromatic nitrogens is 2. The van der Waals surface area contributed by atoms with Crippen LogP contribution in [-0.2, 0) is 0 Å². The Morgan fingerprint density at radius 1 is 1.33 bits per heavy atom. The van der Waals surface area contributed by atoms with Gasteiger partial charge in [0.05, 0.1) is 0 Å². The molecule has 1 heterocycles. The van der Waals surface area contributed by atoms with Crippen molar-refractivity contribution in [3.8, 4) is 0 Å². The minimum Gasteiger partial charge on any atom is -0.323 e. The molecule has 0 saturated heterocycles. The second kappa shape index (κ2) is 8.29. The fraction of sp³-hybridized carbons (Fsp3) is 0.786. The fourth-order valence-corrected chi connectivity index (χ4v) is 3.11. The molecule has 118 valence electrons. The van der Waals surface area contributed by atoms with Gasteiger partial charge in [0.2, 0.25) is 5.13 Å². The van der Waals surface area contributed by atoms with E-state index in [1.165, 1.54) is 43.4 Å². The summed E-state index contributed by atoms with van der Waals surface area (Å²) in [5, 5.41) is 11.0. The lowest BCUT2D eigenvalue weighted by atomic mass is 9.89. The number of likely N-dealkylation sites (N-methyl/N-ethyl adjacent to an activating group) is 1. The number of amides is 2. The molecular weight excluding hydrogens is 286 g/mol. The van der Waals surface area contributed by atoms with E-state index in [4.69, 9.17) is 0 Å². The predicted octanol–water partition coefficient (Wildman–Crippen LogP) is 2.51. The number of anilines is 1. The average Bonchev–Trinajstić information content (AvgIpc) is 2.97. The summed E-state index contributed by atoms with van der Waals surface area (Å²) < 4.78 is 0. The van der Waals surface area contributed by atoms with Crippen LogP contribution in [0.3, 0.4) is 0 Å². The third-order valence-corrected chi connectivity index (χ3v) is 4.49. The monoisotopic (exact) mass is 311 g/mol. The molecule has 7 heteroatoms. The van der Waals surface area contributed by atoms with E-state index in [1.807, 2.05) is 19.0 Å². The minimum atomic E-state index is -0.0563. The molecule has 1 aromatic rings. The number of carbonyl (C=O) groups is 1. The fourth-order valence-electron chi connectivity index (χ4n) is 2.68. The topological polar surface area (TPSA) is 61.4 Å². The maximum atomic E-state index is 12.4. The van der Waals surface area contributed by atoms with Crippen LogP contribution in [0.5, 0.6) is 0 Å². The second-order valence-corrected chi connectivity index (χ2v) is 6.76. The van der Waals surface area contributed by atoms with Crippen molar-refractivity contribution >= 4 is 22.5 Å². The van der Waals surface area contributed by atoms with E-state index in [1.54, 1.807) is 5.51 Å². The first-order valence-electron chi connectivity index (χ1n) is 7.62. The maximum Gasteiger partial charge on any atom is 0.323 e. The highest BCUT2D eigenvalue weighted by atomic mass is 32.1. The third kappa shape index (κ3) is 5.59. The van der Waals surface area contributed by atoms with E-state index in [0.29, 0.717) is 11.0 Å². The van der Waals surface area contributed by atoms with Crippen LogP contribution in [-0.4, -0.2) is 59.8 Å². The summed E-state index contributed by atoms with van der Waals surface area (Å²) in [7, 11) is 4.06. The Balaban J connectivity index is 1.91. The van der Waals surface area contributed by atoms with Gasteiger partial charge in [-0.15, -0.1) is 10.2 Å². The largest absolute Gasteiger partial charge is 0.323 e. The highest BCUT2D eigenvalue weighted by Gasteiger charge is 2.21. The molecule has 0 aliphatic heterocycles. The van der Waals surface area contributed by atoms with E-state index < -0.39 is 0 Å². The zero-order valence-corrected chi connectivity index (χ0v) is 13.7.